The molecular formula is C15H18N4O2. The lowest BCUT2D eigenvalue weighted by Gasteiger charge is -2.33. The lowest BCUT2D eigenvalue weighted by atomic mass is 10.0. The second-order valence-electron chi connectivity index (χ2n) is 5.26. The minimum atomic E-state index is -0.846. The molecule has 0 spiro atoms. The van der Waals surface area contributed by atoms with Gasteiger partial charge in [-0.2, -0.15) is 0 Å². The van der Waals surface area contributed by atoms with Crippen LogP contribution in [0.2, 0.25) is 0 Å². The Hall–Kier alpha value is -2.37. The largest absolute Gasteiger partial charge is 0.465 e. The van der Waals surface area contributed by atoms with Crippen LogP contribution in [0.25, 0.3) is 10.9 Å². The number of amides is 1. The van der Waals surface area contributed by atoms with E-state index >= 15 is 0 Å². The Morgan fingerprint density at radius 1 is 1.38 bits per heavy atom. The topological polar surface area (TPSA) is 78.4 Å². The van der Waals surface area contributed by atoms with Gasteiger partial charge in [-0.25, -0.2) is 14.8 Å². The predicted octanol–water partition coefficient (Wildman–Crippen LogP) is 2.57. The number of hydrogen-bond donors (Lipinski definition) is 2. The number of para-hydroxylation sites is 1. The van der Waals surface area contributed by atoms with E-state index in [2.05, 4.69) is 15.3 Å². The molecule has 1 amide bonds. The summed E-state index contributed by atoms with van der Waals surface area (Å²) >= 11 is 0. The molecule has 2 aromatic rings. The fraction of sp³-hybridized carbons (Fsp3) is 0.400. The molecule has 0 bridgehead atoms. The van der Waals surface area contributed by atoms with Crippen molar-refractivity contribution in [1.82, 2.24) is 14.9 Å². The molecule has 3 rings (SSSR count). The molecule has 6 heteroatoms. The lowest BCUT2D eigenvalue weighted by molar-refractivity contribution is 0.110. The van der Waals surface area contributed by atoms with Gasteiger partial charge in [0.1, 0.15) is 0 Å². The molecule has 0 radical (unpaired) electrons. The van der Waals surface area contributed by atoms with Crippen molar-refractivity contribution in [3.63, 3.8) is 0 Å². The summed E-state index contributed by atoms with van der Waals surface area (Å²) in [6.45, 7) is 1.16. The van der Waals surface area contributed by atoms with Crippen molar-refractivity contribution in [2.75, 3.05) is 18.4 Å². The van der Waals surface area contributed by atoms with Crippen LogP contribution in [0.4, 0.5) is 10.7 Å². The molecule has 0 saturated carbocycles. The number of nitrogens with zero attached hydrogens (tertiary/aromatic N) is 3. The fourth-order valence-electron chi connectivity index (χ4n) is 2.73. The molecule has 0 aliphatic carbocycles. The number of aromatic nitrogens is 2. The highest BCUT2D eigenvalue weighted by Crippen LogP contribution is 2.18. The van der Waals surface area contributed by atoms with Gasteiger partial charge in [0.15, 0.2) is 0 Å². The van der Waals surface area contributed by atoms with E-state index in [0.29, 0.717) is 19.0 Å². The van der Waals surface area contributed by atoms with Crippen molar-refractivity contribution in [2.45, 2.75) is 25.3 Å². The van der Waals surface area contributed by atoms with Crippen LogP contribution in [0.15, 0.2) is 30.5 Å². The molecule has 1 aliphatic heterocycles. The summed E-state index contributed by atoms with van der Waals surface area (Å²) in [6.07, 6.45) is 3.82. The number of rotatable bonds is 3. The second-order valence-corrected chi connectivity index (χ2v) is 5.26. The first kappa shape index (κ1) is 13.6. The summed E-state index contributed by atoms with van der Waals surface area (Å²) in [6, 6.07) is 7.78. The highest BCUT2D eigenvalue weighted by molar-refractivity contribution is 5.78. The molecule has 1 aliphatic rings. The molecule has 110 valence electrons. The number of carbonyl (C=O) groups is 1. The van der Waals surface area contributed by atoms with Crippen LogP contribution < -0.4 is 5.32 Å². The number of carboxylic acid groups (broad SMARTS) is 1. The van der Waals surface area contributed by atoms with E-state index in [0.717, 1.165) is 30.2 Å². The molecule has 0 unspecified atom stereocenters. The van der Waals surface area contributed by atoms with Gasteiger partial charge in [-0.15, -0.1) is 0 Å². The Bertz CT molecular complexity index is 646. The average Bonchev–Trinajstić information content (AvgIpc) is 2.53. The Balaban J connectivity index is 1.69. The van der Waals surface area contributed by atoms with Crippen LogP contribution in [0.3, 0.4) is 0 Å². The maximum Gasteiger partial charge on any atom is 0.407 e. The molecule has 21 heavy (non-hydrogen) atoms. The fourth-order valence-corrected chi connectivity index (χ4v) is 2.73. The Labute approximate surface area is 122 Å². The van der Waals surface area contributed by atoms with Crippen LogP contribution in [0, 0.1) is 0 Å². The number of likely N-dealkylation sites (tertiary alicyclic amines) is 1. The SMILES string of the molecule is O=C(O)N1CCCC[C@H]1CNc1ncc2ccccc2n1. The van der Waals surface area contributed by atoms with E-state index in [1.165, 1.54) is 4.90 Å². The van der Waals surface area contributed by atoms with Crippen LogP contribution in [-0.2, 0) is 0 Å². The van der Waals surface area contributed by atoms with Gasteiger partial charge >= 0.3 is 6.09 Å². The molecule has 1 saturated heterocycles. The van der Waals surface area contributed by atoms with Crippen molar-refractivity contribution in [1.29, 1.82) is 0 Å². The molecule has 2 heterocycles. The maximum absolute atomic E-state index is 11.2. The van der Waals surface area contributed by atoms with Gasteiger partial charge in [0, 0.05) is 24.7 Å². The molecule has 1 atom stereocenters. The maximum atomic E-state index is 11.2. The number of hydrogen-bond acceptors (Lipinski definition) is 4. The number of anilines is 1. The van der Waals surface area contributed by atoms with Gasteiger partial charge in [0.2, 0.25) is 5.95 Å². The summed E-state index contributed by atoms with van der Waals surface area (Å²) in [5.41, 5.74) is 0.883. The Morgan fingerprint density at radius 3 is 3.10 bits per heavy atom. The first-order chi connectivity index (χ1) is 10.2. The highest BCUT2D eigenvalue weighted by Gasteiger charge is 2.26. The minimum absolute atomic E-state index is 0.00804. The number of piperidine rings is 1. The summed E-state index contributed by atoms with van der Waals surface area (Å²) in [4.78, 5) is 21.4. The number of benzene rings is 1. The molecule has 1 aromatic carbocycles. The summed E-state index contributed by atoms with van der Waals surface area (Å²) < 4.78 is 0. The van der Waals surface area contributed by atoms with E-state index < -0.39 is 6.09 Å². The first-order valence-electron chi connectivity index (χ1n) is 7.19. The molecular weight excluding hydrogens is 268 g/mol. The molecule has 6 nitrogen and oxygen atoms in total. The standard InChI is InChI=1S/C15H18N4O2/c20-15(21)19-8-4-3-6-12(19)10-17-14-16-9-11-5-1-2-7-13(11)18-14/h1-2,5,7,9,12H,3-4,6,8,10H2,(H,20,21)(H,16,17,18)/t12-/m0/s1. The van der Waals surface area contributed by atoms with Crippen molar-refractivity contribution < 1.29 is 9.90 Å². The molecule has 1 fully saturated rings. The van der Waals surface area contributed by atoms with Crippen LogP contribution >= 0.6 is 0 Å². The van der Waals surface area contributed by atoms with Crippen LogP contribution in [-0.4, -0.2) is 45.2 Å². The third-order valence-electron chi connectivity index (χ3n) is 3.86. The van der Waals surface area contributed by atoms with Crippen molar-refractivity contribution in [2.24, 2.45) is 0 Å². The average molecular weight is 286 g/mol. The Morgan fingerprint density at radius 2 is 2.24 bits per heavy atom. The third kappa shape index (κ3) is 3.04. The quantitative estimate of drug-likeness (QED) is 0.906. The minimum Gasteiger partial charge on any atom is -0.465 e. The zero-order valence-corrected chi connectivity index (χ0v) is 11.7. The highest BCUT2D eigenvalue weighted by atomic mass is 16.4. The predicted molar refractivity (Wildman–Crippen MR) is 80.4 cm³/mol. The van der Waals surface area contributed by atoms with Crippen LogP contribution in [0.1, 0.15) is 19.3 Å². The normalized spacial score (nSPS) is 18.7. The van der Waals surface area contributed by atoms with Gasteiger partial charge in [-0.1, -0.05) is 18.2 Å². The third-order valence-corrected chi connectivity index (χ3v) is 3.86. The smallest absolute Gasteiger partial charge is 0.407 e. The van der Waals surface area contributed by atoms with E-state index in [-0.39, 0.29) is 6.04 Å². The Kier molecular flexibility index (Phi) is 3.85. The van der Waals surface area contributed by atoms with Gasteiger partial charge in [0.05, 0.1) is 11.6 Å². The van der Waals surface area contributed by atoms with Crippen LogP contribution in [0.5, 0.6) is 0 Å². The van der Waals surface area contributed by atoms with Crippen molar-refractivity contribution >= 4 is 22.9 Å². The number of fused-ring (bicyclic) bond motifs is 1. The second kappa shape index (κ2) is 5.95. The van der Waals surface area contributed by atoms with Gasteiger partial charge in [0.25, 0.3) is 0 Å². The summed E-state index contributed by atoms with van der Waals surface area (Å²) in [7, 11) is 0. The van der Waals surface area contributed by atoms with Crippen molar-refractivity contribution in [3.8, 4) is 0 Å². The number of nitrogens with one attached hydrogen (secondary N) is 1. The zero-order valence-electron chi connectivity index (χ0n) is 11.7. The van der Waals surface area contributed by atoms with E-state index in [1.54, 1.807) is 6.20 Å². The van der Waals surface area contributed by atoms with E-state index in [4.69, 9.17) is 0 Å². The lowest BCUT2D eigenvalue weighted by Crippen LogP contribution is -2.46. The van der Waals surface area contributed by atoms with Gasteiger partial charge in [-0.3, -0.25) is 0 Å². The first-order valence-corrected chi connectivity index (χ1v) is 7.19. The van der Waals surface area contributed by atoms with E-state index in [9.17, 15) is 9.90 Å². The molecule has 2 N–H and O–H groups in total. The van der Waals surface area contributed by atoms with Gasteiger partial charge < -0.3 is 15.3 Å². The van der Waals surface area contributed by atoms with Crippen molar-refractivity contribution in [3.05, 3.63) is 30.5 Å². The monoisotopic (exact) mass is 286 g/mol. The summed E-state index contributed by atoms with van der Waals surface area (Å²) in [5, 5.41) is 13.4. The van der Waals surface area contributed by atoms with Gasteiger partial charge in [-0.05, 0) is 25.3 Å². The van der Waals surface area contributed by atoms with E-state index in [1.807, 2.05) is 24.3 Å². The molecule has 1 aromatic heterocycles. The zero-order chi connectivity index (χ0) is 14.7. The summed E-state index contributed by atoms with van der Waals surface area (Å²) in [5.74, 6) is 0.546.